The Hall–Kier alpha value is -1.81. The lowest BCUT2D eigenvalue weighted by Crippen LogP contribution is -2.13. The highest BCUT2D eigenvalue weighted by molar-refractivity contribution is 6.04. The molecule has 2 aromatic rings. The Bertz CT molecular complexity index is 720. The van der Waals surface area contributed by atoms with Gasteiger partial charge >= 0.3 is 5.97 Å². The molecule has 0 saturated heterocycles. The largest absolute Gasteiger partial charge is 0.478 e. The van der Waals surface area contributed by atoms with Gasteiger partial charge in [-0.25, -0.2) is 4.79 Å². The van der Waals surface area contributed by atoms with Gasteiger partial charge in [-0.1, -0.05) is 34.1 Å². The van der Waals surface area contributed by atoms with Crippen molar-refractivity contribution in [3.05, 3.63) is 35.0 Å². The smallest absolute Gasteiger partial charge is 0.337 e. The Labute approximate surface area is 137 Å². The fraction of sp³-hybridized carbons (Fsp3) is 0.526. The van der Waals surface area contributed by atoms with Gasteiger partial charge in [0.25, 0.3) is 0 Å². The molecule has 2 N–H and O–H groups in total. The summed E-state index contributed by atoms with van der Waals surface area (Å²) in [5.74, 6) is -0.922. The first kappa shape index (κ1) is 17.5. The van der Waals surface area contributed by atoms with Crippen LogP contribution < -0.4 is 0 Å². The molecule has 0 aliphatic heterocycles. The van der Waals surface area contributed by atoms with Crippen molar-refractivity contribution in [1.82, 2.24) is 4.57 Å². The van der Waals surface area contributed by atoms with Crippen molar-refractivity contribution in [2.75, 3.05) is 0 Å². The summed E-state index contributed by atoms with van der Waals surface area (Å²) in [6.07, 6.45) is 3.29. The number of fused-ring (bicyclic) bond motifs is 1. The molecule has 1 unspecified atom stereocenters. The SMILES string of the molecule is CCCCn1cc(C(C)O)c2cc(C(C)(C)C)cc(C(=O)O)c21. The number of hydrogen-bond acceptors (Lipinski definition) is 2. The number of aryl methyl sites for hydroxylation is 1. The van der Waals surface area contributed by atoms with Crippen LogP contribution in [0.3, 0.4) is 0 Å². The van der Waals surface area contributed by atoms with Crippen LogP contribution in [0.1, 0.15) is 75.0 Å². The minimum absolute atomic E-state index is 0.153. The van der Waals surface area contributed by atoms with Crippen LogP contribution in [0.2, 0.25) is 0 Å². The van der Waals surface area contributed by atoms with E-state index in [4.69, 9.17) is 0 Å². The number of carboxylic acid groups (broad SMARTS) is 1. The van der Waals surface area contributed by atoms with Gasteiger partial charge in [-0.2, -0.15) is 0 Å². The molecule has 4 heteroatoms. The normalized spacial score (nSPS) is 13.5. The number of rotatable bonds is 5. The second kappa shape index (κ2) is 6.36. The Morgan fingerprint density at radius 3 is 2.43 bits per heavy atom. The average Bonchev–Trinajstić information content (AvgIpc) is 2.82. The molecular formula is C19H27NO3. The Balaban J connectivity index is 2.83. The van der Waals surface area contributed by atoms with E-state index >= 15 is 0 Å². The first-order valence-corrected chi connectivity index (χ1v) is 8.25. The quantitative estimate of drug-likeness (QED) is 0.854. The van der Waals surface area contributed by atoms with Crippen molar-refractivity contribution in [2.24, 2.45) is 0 Å². The van der Waals surface area contributed by atoms with E-state index in [9.17, 15) is 15.0 Å². The topological polar surface area (TPSA) is 62.5 Å². The molecule has 0 amide bonds. The summed E-state index contributed by atoms with van der Waals surface area (Å²) in [5, 5.41) is 20.7. The van der Waals surface area contributed by atoms with Crippen LogP contribution in [0.15, 0.2) is 18.3 Å². The highest BCUT2D eigenvalue weighted by Crippen LogP contribution is 2.34. The third-order valence-corrected chi connectivity index (χ3v) is 4.30. The molecule has 0 radical (unpaired) electrons. The molecule has 23 heavy (non-hydrogen) atoms. The van der Waals surface area contributed by atoms with E-state index in [2.05, 4.69) is 27.7 Å². The predicted octanol–water partition coefficient (Wildman–Crippen LogP) is 4.49. The number of nitrogens with zero attached hydrogens (tertiary/aromatic N) is 1. The van der Waals surface area contributed by atoms with Gasteiger partial charge in [0.05, 0.1) is 17.2 Å². The maximum absolute atomic E-state index is 11.8. The van der Waals surface area contributed by atoms with Crippen LogP contribution in [0, 0.1) is 0 Å². The lowest BCUT2D eigenvalue weighted by molar-refractivity contribution is 0.0698. The number of carboxylic acids is 1. The number of aliphatic hydroxyl groups is 1. The molecular weight excluding hydrogens is 290 g/mol. The van der Waals surface area contributed by atoms with Crippen LogP contribution in [-0.4, -0.2) is 20.7 Å². The number of hydrogen-bond donors (Lipinski definition) is 2. The zero-order valence-corrected chi connectivity index (χ0v) is 14.7. The lowest BCUT2D eigenvalue weighted by atomic mass is 9.84. The maximum atomic E-state index is 11.8. The summed E-state index contributed by atoms with van der Waals surface area (Å²) < 4.78 is 1.98. The number of aromatic nitrogens is 1. The molecule has 0 aliphatic carbocycles. The molecule has 0 fully saturated rings. The van der Waals surface area contributed by atoms with Gasteiger partial charge in [0, 0.05) is 23.7 Å². The van der Waals surface area contributed by atoms with Crippen LogP contribution >= 0.6 is 0 Å². The zero-order chi connectivity index (χ0) is 17.4. The second-order valence-corrected chi connectivity index (χ2v) is 7.28. The summed E-state index contributed by atoms with van der Waals surface area (Å²) in [6.45, 7) is 10.8. The van der Waals surface area contributed by atoms with Crippen LogP contribution in [0.5, 0.6) is 0 Å². The maximum Gasteiger partial charge on any atom is 0.337 e. The van der Waals surface area contributed by atoms with Crippen LogP contribution in [0.25, 0.3) is 10.9 Å². The summed E-state index contributed by atoms with van der Waals surface area (Å²) >= 11 is 0. The standard InChI is InChI=1S/C19H27NO3/c1-6-7-8-20-11-16(12(2)21)14-9-13(19(3,4)5)10-15(17(14)20)18(22)23/h9-12,21H,6-8H2,1-5H3,(H,22,23). The fourth-order valence-electron chi connectivity index (χ4n) is 2.90. The molecule has 1 aromatic carbocycles. The highest BCUT2D eigenvalue weighted by Gasteiger charge is 2.23. The zero-order valence-electron chi connectivity index (χ0n) is 14.7. The Kier molecular flexibility index (Phi) is 4.85. The van der Waals surface area contributed by atoms with E-state index in [0.717, 1.165) is 41.4 Å². The molecule has 0 bridgehead atoms. The molecule has 1 aromatic heterocycles. The van der Waals surface area contributed by atoms with Crippen molar-refractivity contribution >= 4 is 16.9 Å². The van der Waals surface area contributed by atoms with Gasteiger partial charge in [0.15, 0.2) is 0 Å². The van der Waals surface area contributed by atoms with E-state index < -0.39 is 12.1 Å². The second-order valence-electron chi connectivity index (χ2n) is 7.28. The van der Waals surface area contributed by atoms with Crippen LogP contribution in [-0.2, 0) is 12.0 Å². The Morgan fingerprint density at radius 1 is 1.30 bits per heavy atom. The number of unbranched alkanes of at least 4 members (excludes halogenated alkanes) is 1. The molecule has 4 nitrogen and oxygen atoms in total. The minimum atomic E-state index is -0.922. The Morgan fingerprint density at radius 2 is 1.96 bits per heavy atom. The molecule has 0 aliphatic rings. The molecule has 1 atom stereocenters. The van der Waals surface area contributed by atoms with Crippen LogP contribution in [0.4, 0.5) is 0 Å². The number of aromatic carboxylic acids is 1. The van der Waals surface area contributed by atoms with Crippen molar-refractivity contribution < 1.29 is 15.0 Å². The van der Waals surface area contributed by atoms with Gasteiger partial charge in [0.1, 0.15) is 0 Å². The third kappa shape index (κ3) is 3.42. The van der Waals surface area contributed by atoms with E-state index in [1.54, 1.807) is 13.0 Å². The monoisotopic (exact) mass is 317 g/mol. The number of carbonyl (C=O) groups is 1. The van der Waals surface area contributed by atoms with Gasteiger partial charge in [0.2, 0.25) is 0 Å². The molecule has 126 valence electrons. The van der Waals surface area contributed by atoms with Gasteiger partial charge in [-0.05, 0) is 36.5 Å². The van der Waals surface area contributed by atoms with Crippen molar-refractivity contribution in [1.29, 1.82) is 0 Å². The minimum Gasteiger partial charge on any atom is -0.478 e. The summed E-state index contributed by atoms with van der Waals surface area (Å²) in [6, 6.07) is 3.81. The fourth-order valence-corrected chi connectivity index (χ4v) is 2.90. The lowest BCUT2D eigenvalue weighted by Gasteiger charge is -2.20. The van der Waals surface area contributed by atoms with E-state index in [1.165, 1.54) is 0 Å². The third-order valence-electron chi connectivity index (χ3n) is 4.30. The number of aliphatic hydroxyl groups excluding tert-OH is 1. The molecule has 2 rings (SSSR count). The first-order chi connectivity index (χ1) is 10.7. The van der Waals surface area contributed by atoms with Gasteiger partial charge < -0.3 is 14.8 Å². The van der Waals surface area contributed by atoms with Crippen molar-refractivity contribution in [2.45, 2.75) is 65.5 Å². The van der Waals surface area contributed by atoms with E-state index in [0.29, 0.717) is 5.56 Å². The highest BCUT2D eigenvalue weighted by atomic mass is 16.4. The molecule has 1 heterocycles. The van der Waals surface area contributed by atoms with Crippen molar-refractivity contribution in [3.63, 3.8) is 0 Å². The van der Waals surface area contributed by atoms with Crippen molar-refractivity contribution in [3.8, 4) is 0 Å². The van der Waals surface area contributed by atoms with E-state index in [1.807, 2.05) is 16.8 Å². The van der Waals surface area contributed by atoms with Gasteiger partial charge in [-0.15, -0.1) is 0 Å². The predicted molar refractivity (Wildman–Crippen MR) is 93.1 cm³/mol. The molecule has 0 saturated carbocycles. The average molecular weight is 317 g/mol. The molecule has 0 spiro atoms. The van der Waals surface area contributed by atoms with E-state index in [-0.39, 0.29) is 5.41 Å². The summed E-state index contributed by atoms with van der Waals surface area (Å²) in [5.41, 5.74) is 2.65. The van der Waals surface area contributed by atoms with Gasteiger partial charge in [-0.3, -0.25) is 0 Å². The summed E-state index contributed by atoms with van der Waals surface area (Å²) in [4.78, 5) is 11.8. The first-order valence-electron chi connectivity index (χ1n) is 8.25. The summed E-state index contributed by atoms with van der Waals surface area (Å²) in [7, 11) is 0. The number of benzene rings is 1.